The zero-order chi connectivity index (χ0) is 20.1. The monoisotopic (exact) mass is 394 g/mol. The molecular weight excluding hydrogens is 368 g/mol. The third-order valence-electron chi connectivity index (χ3n) is 5.26. The first kappa shape index (κ1) is 20.3. The number of esters is 1. The molecule has 3 N–H and O–H groups in total. The predicted octanol–water partition coefficient (Wildman–Crippen LogP) is 0.269. The van der Waals surface area contributed by atoms with Crippen LogP contribution in [0.1, 0.15) is 47.2 Å². The third-order valence-corrected chi connectivity index (χ3v) is 5.26. The highest BCUT2D eigenvalue weighted by atomic mass is 16.5. The standard InChI is InChI=1S/C17H24N4O4.CH2O2/c1-2-24-17(23)15-14(18-9-19-15)16(22)20-11-5-12-8-25-13(10-3-4-10)7-21(12)6-11;2-1-3/h9-13H,2-8H2,1H3,(H,18,19)(H,20,22);1H,(H,2,3)/t11-,12-,13-;/m0./s1. The largest absolute Gasteiger partial charge is 0.483 e. The first-order valence-corrected chi connectivity index (χ1v) is 9.52. The van der Waals surface area contributed by atoms with E-state index in [1.165, 1.54) is 19.2 Å². The molecule has 0 spiro atoms. The van der Waals surface area contributed by atoms with Gasteiger partial charge in [0.1, 0.15) is 0 Å². The van der Waals surface area contributed by atoms with E-state index in [-0.39, 0.29) is 36.4 Å². The number of morpholine rings is 1. The Morgan fingerprint density at radius 3 is 2.89 bits per heavy atom. The second-order valence-corrected chi connectivity index (χ2v) is 7.18. The maximum Gasteiger partial charge on any atom is 0.357 e. The average Bonchev–Trinajstić information content (AvgIpc) is 3.25. The maximum absolute atomic E-state index is 12.5. The SMILES string of the molecule is CCOC(=O)c1[nH]cnc1C(=O)N[C@H]1C[C@H]2CO[C@H](C3CC3)CN2C1.O=CO. The van der Waals surface area contributed by atoms with E-state index in [0.29, 0.717) is 12.1 Å². The zero-order valence-corrected chi connectivity index (χ0v) is 15.8. The van der Waals surface area contributed by atoms with E-state index in [4.69, 9.17) is 19.4 Å². The Morgan fingerprint density at radius 2 is 2.21 bits per heavy atom. The molecule has 0 unspecified atom stereocenters. The van der Waals surface area contributed by atoms with Crippen LogP contribution in [0, 0.1) is 5.92 Å². The van der Waals surface area contributed by atoms with Gasteiger partial charge in [0.2, 0.25) is 0 Å². The second-order valence-electron chi connectivity index (χ2n) is 7.18. The molecule has 1 aromatic heterocycles. The summed E-state index contributed by atoms with van der Waals surface area (Å²) in [6.45, 7) is 4.24. The van der Waals surface area contributed by atoms with E-state index >= 15 is 0 Å². The van der Waals surface area contributed by atoms with Crippen LogP contribution in [0.25, 0.3) is 0 Å². The lowest BCUT2D eigenvalue weighted by Gasteiger charge is -2.35. The van der Waals surface area contributed by atoms with Crippen molar-refractivity contribution in [3.05, 3.63) is 17.7 Å². The number of imidazole rings is 1. The Balaban J connectivity index is 0.000000706. The van der Waals surface area contributed by atoms with Gasteiger partial charge in [0, 0.05) is 25.2 Å². The molecule has 3 heterocycles. The number of carbonyl (C=O) groups is 3. The smallest absolute Gasteiger partial charge is 0.357 e. The van der Waals surface area contributed by atoms with Gasteiger partial charge in [-0.3, -0.25) is 14.5 Å². The van der Waals surface area contributed by atoms with E-state index in [1.807, 2.05) is 0 Å². The van der Waals surface area contributed by atoms with E-state index in [0.717, 1.165) is 32.0 Å². The summed E-state index contributed by atoms with van der Waals surface area (Å²) in [5.74, 6) is -0.172. The van der Waals surface area contributed by atoms with Crippen molar-refractivity contribution in [1.29, 1.82) is 0 Å². The molecule has 1 aliphatic carbocycles. The summed E-state index contributed by atoms with van der Waals surface area (Å²) < 4.78 is 10.9. The first-order chi connectivity index (χ1) is 13.6. The summed E-state index contributed by atoms with van der Waals surface area (Å²) in [7, 11) is 0. The number of hydrogen-bond donors (Lipinski definition) is 3. The number of nitrogens with one attached hydrogen (secondary N) is 2. The summed E-state index contributed by atoms with van der Waals surface area (Å²) in [4.78, 5) is 41.9. The lowest BCUT2D eigenvalue weighted by atomic mass is 10.1. The van der Waals surface area contributed by atoms with Gasteiger partial charge in [0.15, 0.2) is 11.4 Å². The van der Waals surface area contributed by atoms with Crippen LogP contribution in [0.4, 0.5) is 0 Å². The van der Waals surface area contributed by atoms with Crippen LogP contribution in [-0.4, -0.2) is 82.8 Å². The van der Waals surface area contributed by atoms with Crippen LogP contribution in [-0.2, 0) is 14.3 Å². The van der Waals surface area contributed by atoms with Crippen LogP contribution >= 0.6 is 0 Å². The molecule has 3 atom stereocenters. The minimum absolute atomic E-state index is 0.0470. The van der Waals surface area contributed by atoms with Gasteiger partial charge in [-0.15, -0.1) is 0 Å². The van der Waals surface area contributed by atoms with Crippen molar-refractivity contribution in [2.75, 3.05) is 26.3 Å². The highest BCUT2D eigenvalue weighted by Crippen LogP contribution is 2.37. The number of aromatic amines is 1. The average molecular weight is 394 g/mol. The number of ether oxygens (including phenoxy) is 2. The number of fused-ring (bicyclic) bond motifs is 1. The topological polar surface area (TPSA) is 134 Å². The molecular formula is C18H26N4O6. The number of rotatable bonds is 5. The normalized spacial score (nSPS) is 26.5. The molecule has 1 aromatic rings. The van der Waals surface area contributed by atoms with Crippen LogP contribution in [0.2, 0.25) is 0 Å². The molecule has 1 saturated carbocycles. The third kappa shape index (κ3) is 4.68. The molecule has 1 amide bonds. The predicted molar refractivity (Wildman–Crippen MR) is 96.9 cm³/mol. The molecule has 4 rings (SSSR count). The Bertz CT molecular complexity index is 704. The van der Waals surface area contributed by atoms with Crippen molar-refractivity contribution < 1.29 is 29.0 Å². The second kappa shape index (κ2) is 9.16. The summed E-state index contributed by atoms with van der Waals surface area (Å²) in [5, 5.41) is 9.90. The maximum atomic E-state index is 12.5. The molecule has 10 nitrogen and oxygen atoms in total. The van der Waals surface area contributed by atoms with Crippen LogP contribution in [0.5, 0.6) is 0 Å². The zero-order valence-electron chi connectivity index (χ0n) is 15.8. The van der Waals surface area contributed by atoms with Gasteiger partial charge < -0.3 is 24.9 Å². The van der Waals surface area contributed by atoms with Crippen molar-refractivity contribution in [2.45, 2.75) is 44.4 Å². The number of carbonyl (C=O) groups excluding carboxylic acids is 2. The molecule has 10 heteroatoms. The van der Waals surface area contributed by atoms with Crippen molar-refractivity contribution in [1.82, 2.24) is 20.2 Å². The number of amides is 1. The van der Waals surface area contributed by atoms with E-state index in [9.17, 15) is 9.59 Å². The fraction of sp³-hybridized carbons (Fsp3) is 0.667. The van der Waals surface area contributed by atoms with Crippen molar-refractivity contribution >= 4 is 18.3 Å². The van der Waals surface area contributed by atoms with Gasteiger partial charge in [0.25, 0.3) is 12.4 Å². The lowest BCUT2D eigenvalue weighted by Crippen LogP contribution is -2.47. The minimum Gasteiger partial charge on any atom is -0.483 e. The summed E-state index contributed by atoms with van der Waals surface area (Å²) in [6, 6.07) is 0.412. The number of H-pyrrole nitrogens is 1. The van der Waals surface area contributed by atoms with Gasteiger partial charge >= 0.3 is 5.97 Å². The molecule has 2 saturated heterocycles. The Kier molecular flexibility index (Phi) is 6.63. The number of aromatic nitrogens is 2. The Morgan fingerprint density at radius 1 is 1.46 bits per heavy atom. The van der Waals surface area contributed by atoms with Gasteiger partial charge in [-0.05, 0) is 32.1 Å². The van der Waals surface area contributed by atoms with Gasteiger partial charge in [-0.1, -0.05) is 0 Å². The highest BCUT2D eigenvalue weighted by Gasteiger charge is 2.42. The molecule has 2 aliphatic heterocycles. The fourth-order valence-corrected chi connectivity index (χ4v) is 3.84. The summed E-state index contributed by atoms with van der Waals surface area (Å²) in [6.07, 6.45) is 5.11. The molecule has 28 heavy (non-hydrogen) atoms. The van der Waals surface area contributed by atoms with Gasteiger partial charge in [-0.25, -0.2) is 9.78 Å². The molecule has 0 radical (unpaired) electrons. The molecule has 0 aromatic carbocycles. The quantitative estimate of drug-likeness (QED) is 0.479. The highest BCUT2D eigenvalue weighted by molar-refractivity contribution is 6.02. The van der Waals surface area contributed by atoms with Crippen molar-refractivity contribution in [3.63, 3.8) is 0 Å². The van der Waals surface area contributed by atoms with Crippen molar-refractivity contribution in [2.24, 2.45) is 5.92 Å². The van der Waals surface area contributed by atoms with Crippen molar-refractivity contribution in [3.8, 4) is 0 Å². The molecule has 0 bridgehead atoms. The summed E-state index contributed by atoms with van der Waals surface area (Å²) >= 11 is 0. The van der Waals surface area contributed by atoms with Crippen LogP contribution in [0.15, 0.2) is 6.33 Å². The van der Waals surface area contributed by atoms with Gasteiger partial charge in [-0.2, -0.15) is 0 Å². The minimum atomic E-state index is -0.560. The van der Waals surface area contributed by atoms with E-state index in [1.54, 1.807) is 6.92 Å². The fourth-order valence-electron chi connectivity index (χ4n) is 3.84. The first-order valence-electron chi connectivity index (χ1n) is 9.52. The number of carboxylic acid groups (broad SMARTS) is 1. The Labute approximate surface area is 162 Å². The Hall–Kier alpha value is -2.46. The van der Waals surface area contributed by atoms with Gasteiger partial charge in [0.05, 0.1) is 25.6 Å². The molecule has 154 valence electrons. The van der Waals surface area contributed by atoms with Crippen LogP contribution < -0.4 is 5.32 Å². The lowest BCUT2D eigenvalue weighted by molar-refractivity contribution is -0.122. The summed E-state index contributed by atoms with van der Waals surface area (Å²) in [5.41, 5.74) is 0.197. The van der Waals surface area contributed by atoms with E-state index in [2.05, 4.69) is 20.2 Å². The molecule has 3 fully saturated rings. The molecule has 3 aliphatic rings. The van der Waals surface area contributed by atoms with Crippen LogP contribution in [0.3, 0.4) is 0 Å². The van der Waals surface area contributed by atoms with E-state index < -0.39 is 5.97 Å². The number of nitrogens with zero attached hydrogens (tertiary/aromatic N) is 2. The number of hydrogen-bond acceptors (Lipinski definition) is 7.